The van der Waals surface area contributed by atoms with Gasteiger partial charge >= 0.3 is 0 Å². The van der Waals surface area contributed by atoms with E-state index in [2.05, 4.69) is 13.0 Å². The van der Waals surface area contributed by atoms with Crippen molar-refractivity contribution in [3.05, 3.63) is 70.3 Å². The molecule has 0 aliphatic carbocycles. The topological polar surface area (TPSA) is 29.5 Å². The van der Waals surface area contributed by atoms with E-state index < -0.39 is 6.10 Å². The van der Waals surface area contributed by atoms with Crippen LogP contribution in [0.4, 0.5) is 0 Å². The maximum atomic E-state index is 10.6. The zero-order valence-corrected chi connectivity index (χ0v) is 11.7. The van der Waals surface area contributed by atoms with Gasteiger partial charge in [0.1, 0.15) is 6.10 Å². The molecule has 1 N–H and O–H groups in total. The van der Waals surface area contributed by atoms with E-state index in [-0.39, 0.29) is 0 Å². The molecule has 1 unspecified atom stereocenters. The fraction of sp³-hybridized carbons (Fsp3) is 0.294. The average molecular weight is 256 g/mol. The van der Waals surface area contributed by atoms with Crippen molar-refractivity contribution in [2.45, 2.75) is 26.6 Å². The Hall–Kier alpha value is -1.64. The Morgan fingerprint density at radius 2 is 1.68 bits per heavy atom. The highest BCUT2D eigenvalue weighted by molar-refractivity contribution is 5.41. The number of rotatable bonds is 4. The number of hydrogen-bond donors (Lipinski definition) is 1. The summed E-state index contributed by atoms with van der Waals surface area (Å²) in [5.74, 6) is 0. The van der Waals surface area contributed by atoms with Gasteiger partial charge in [0.05, 0.1) is 6.61 Å². The van der Waals surface area contributed by atoms with Crippen LogP contribution in [0.1, 0.15) is 33.9 Å². The van der Waals surface area contributed by atoms with Gasteiger partial charge in [-0.2, -0.15) is 0 Å². The van der Waals surface area contributed by atoms with Gasteiger partial charge in [0.15, 0.2) is 0 Å². The van der Waals surface area contributed by atoms with Crippen molar-refractivity contribution in [1.82, 2.24) is 0 Å². The SMILES string of the molecule is COCc1ccccc1C(O)c1cccc(C)c1C. The van der Waals surface area contributed by atoms with E-state index in [0.717, 1.165) is 22.3 Å². The summed E-state index contributed by atoms with van der Waals surface area (Å²) in [5, 5.41) is 10.6. The number of methoxy groups -OCH3 is 1. The van der Waals surface area contributed by atoms with Gasteiger partial charge in [-0.15, -0.1) is 0 Å². The minimum Gasteiger partial charge on any atom is -0.384 e. The predicted octanol–water partition coefficient (Wildman–Crippen LogP) is 3.53. The van der Waals surface area contributed by atoms with Gasteiger partial charge in [-0.1, -0.05) is 42.5 Å². The summed E-state index contributed by atoms with van der Waals surface area (Å²) in [7, 11) is 1.67. The lowest BCUT2D eigenvalue weighted by molar-refractivity contribution is 0.176. The van der Waals surface area contributed by atoms with Crippen LogP contribution < -0.4 is 0 Å². The molecule has 2 rings (SSSR count). The lowest BCUT2D eigenvalue weighted by Gasteiger charge is -2.18. The minimum absolute atomic E-state index is 0.512. The van der Waals surface area contributed by atoms with Crippen LogP contribution in [-0.4, -0.2) is 12.2 Å². The zero-order chi connectivity index (χ0) is 13.8. The second kappa shape index (κ2) is 6.00. The van der Waals surface area contributed by atoms with E-state index in [4.69, 9.17) is 4.74 Å². The summed E-state index contributed by atoms with van der Waals surface area (Å²) in [6.45, 7) is 4.62. The van der Waals surface area contributed by atoms with Crippen molar-refractivity contribution < 1.29 is 9.84 Å². The van der Waals surface area contributed by atoms with E-state index in [0.29, 0.717) is 6.61 Å². The molecule has 2 nitrogen and oxygen atoms in total. The average Bonchev–Trinajstić information content (AvgIpc) is 2.42. The number of benzene rings is 2. The molecule has 0 amide bonds. The lowest BCUT2D eigenvalue weighted by Crippen LogP contribution is -2.06. The standard InChI is InChI=1S/C17H20O2/c1-12-7-6-10-15(13(12)2)17(18)16-9-5-4-8-14(16)11-19-3/h4-10,17-18H,11H2,1-3H3. The molecule has 0 radical (unpaired) electrons. The summed E-state index contributed by atoms with van der Waals surface area (Å²) in [6.07, 6.45) is -0.605. The first-order valence-corrected chi connectivity index (χ1v) is 6.46. The van der Waals surface area contributed by atoms with E-state index in [1.807, 2.05) is 43.3 Å². The number of hydrogen-bond acceptors (Lipinski definition) is 2. The molecule has 0 heterocycles. The van der Waals surface area contributed by atoms with Crippen LogP contribution in [0.2, 0.25) is 0 Å². The summed E-state index contributed by atoms with van der Waals surface area (Å²) in [4.78, 5) is 0. The second-order valence-electron chi connectivity index (χ2n) is 4.82. The summed E-state index contributed by atoms with van der Waals surface area (Å²) >= 11 is 0. The maximum absolute atomic E-state index is 10.6. The molecule has 2 heteroatoms. The third-order valence-electron chi connectivity index (χ3n) is 3.59. The Balaban J connectivity index is 2.44. The maximum Gasteiger partial charge on any atom is 0.105 e. The van der Waals surface area contributed by atoms with E-state index >= 15 is 0 Å². The van der Waals surface area contributed by atoms with Gasteiger partial charge in [-0.25, -0.2) is 0 Å². The monoisotopic (exact) mass is 256 g/mol. The molecule has 2 aromatic carbocycles. The Labute approximate surface area is 114 Å². The molecule has 0 aliphatic rings. The molecule has 0 bridgehead atoms. The molecule has 2 aromatic rings. The molecule has 0 aromatic heterocycles. The van der Waals surface area contributed by atoms with Gasteiger partial charge in [0.25, 0.3) is 0 Å². The second-order valence-corrected chi connectivity index (χ2v) is 4.82. The highest BCUT2D eigenvalue weighted by Gasteiger charge is 2.16. The third kappa shape index (κ3) is 2.86. The fourth-order valence-electron chi connectivity index (χ4n) is 2.33. The Kier molecular flexibility index (Phi) is 4.35. The first-order chi connectivity index (χ1) is 9.15. The van der Waals surface area contributed by atoms with Crippen molar-refractivity contribution in [2.75, 3.05) is 7.11 Å². The van der Waals surface area contributed by atoms with Crippen molar-refractivity contribution in [1.29, 1.82) is 0 Å². The molecule has 100 valence electrons. The van der Waals surface area contributed by atoms with E-state index in [9.17, 15) is 5.11 Å². The van der Waals surface area contributed by atoms with Crippen molar-refractivity contribution >= 4 is 0 Å². The van der Waals surface area contributed by atoms with Crippen LogP contribution in [-0.2, 0) is 11.3 Å². The highest BCUT2D eigenvalue weighted by Crippen LogP contribution is 2.28. The van der Waals surface area contributed by atoms with E-state index in [1.54, 1.807) is 7.11 Å². The molecule has 0 saturated carbocycles. The zero-order valence-electron chi connectivity index (χ0n) is 11.7. The van der Waals surface area contributed by atoms with Gasteiger partial charge < -0.3 is 9.84 Å². The number of aryl methyl sites for hydroxylation is 1. The van der Waals surface area contributed by atoms with Crippen LogP contribution in [0.3, 0.4) is 0 Å². The summed E-state index contributed by atoms with van der Waals surface area (Å²) < 4.78 is 5.20. The molecule has 1 atom stereocenters. The Morgan fingerprint density at radius 1 is 1.00 bits per heavy atom. The van der Waals surface area contributed by atoms with Crippen LogP contribution in [0.5, 0.6) is 0 Å². The van der Waals surface area contributed by atoms with Crippen molar-refractivity contribution in [2.24, 2.45) is 0 Å². The number of aliphatic hydroxyl groups excluding tert-OH is 1. The molecular formula is C17H20O2. The van der Waals surface area contributed by atoms with Crippen LogP contribution in [0, 0.1) is 13.8 Å². The molecule has 19 heavy (non-hydrogen) atoms. The molecule has 0 fully saturated rings. The Bertz CT molecular complexity index is 561. The van der Waals surface area contributed by atoms with Gasteiger partial charge in [-0.3, -0.25) is 0 Å². The molecule has 0 saturated heterocycles. The largest absolute Gasteiger partial charge is 0.384 e. The smallest absolute Gasteiger partial charge is 0.105 e. The van der Waals surface area contributed by atoms with Gasteiger partial charge in [0.2, 0.25) is 0 Å². The predicted molar refractivity (Wildman–Crippen MR) is 77.1 cm³/mol. The Morgan fingerprint density at radius 3 is 2.42 bits per heavy atom. The van der Waals surface area contributed by atoms with E-state index in [1.165, 1.54) is 5.56 Å². The van der Waals surface area contributed by atoms with Crippen molar-refractivity contribution in [3.8, 4) is 0 Å². The van der Waals surface area contributed by atoms with Gasteiger partial charge in [-0.05, 0) is 41.7 Å². The molecule has 0 spiro atoms. The number of aliphatic hydroxyl groups is 1. The minimum atomic E-state index is -0.605. The van der Waals surface area contributed by atoms with Crippen molar-refractivity contribution in [3.63, 3.8) is 0 Å². The quantitative estimate of drug-likeness (QED) is 0.906. The third-order valence-corrected chi connectivity index (χ3v) is 3.59. The highest BCUT2D eigenvalue weighted by atomic mass is 16.5. The van der Waals surface area contributed by atoms with Crippen LogP contribution >= 0.6 is 0 Å². The number of ether oxygens (including phenoxy) is 1. The van der Waals surface area contributed by atoms with Gasteiger partial charge in [0, 0.05) is 7.11 Å². The molecule has 0 aliphatic heterocycles. The molecular weight excluding hydrogens is 236 g/mol. The summed E-state index contributed by atoms with van der Waals surface area (Å²) in [5.41, 5.74) is 5.24. The van der Waals surface area contributed by atoms with Crippen LogP contribution in [0.25, 0.3) is 0 Å². The first kappa shape index (κ1) is 13.8. The van der Waals surface area contributed by atoms with Crippen LogP contribution in [0.15, 0.2) is 42.5 Å². The first-order valence-electron chi connectivity index (χ1n) is 6.46. The fourth-order valence-corrected chi connectivity index (χ4v) is 2.33. The summed E-state index contributed by atoms with van der Waals surface area (Å²) in [6, 6.07) is 13.9. The normalized spacial score (nSPS) is 12.4. The lowest BCUT2D eigenvalue weighted by atomic mass is 9.92.